The Morgan fingerprint density at radius 1 is 1.05 bits per heavy atom. The molecular weight excluding hydrogens is 250 g/mol. The van der Waals surface area contributed by atoms with E-state index in [-0.39, 0.29) is 6.04 Å². The SMILES string of the molecule is COc1ncccc1C(N)c1cccc2ccncc12. The quantitative estimate of drug-likeness (QED) is 0.791. The summed E-state index contributed by atoms with van der Waals surface area (Å²) in [6.07, 6.45) is 5.31. The molecule has 3 aromatic rings. The highest BCUT2D eigenvalue weighted by Gasteiger charge is 2.16. The predicted octanol–water partition coefficient (Wildman–Crippen LogP) is 2.69. The van der Waals surface area contributed by atoms with E-state index in [9.17, 15) is 0 Å². The average molecular weight is 265 g/mol. The molecule has 4 heteroatoms. The van der Waals surface area contributed by atoms with Crippen molar-refractivity contribution in [1.29, 1.82) is 0 Å². The monoisotopic (exact) mass is 265 g/mol. The predicted molar refractivity (Wildman–Crippen MR) is 78.6 cm³/mol. The summed E-state index contributed by atoms with van der Waals surface area (Å²) in [5.74, 6) is 0.556. The highest BCUT2D eigenvalue weighted by Crippen LogP contribution is 2.30. The number of fused-ring (bicyclic) bond motifs is 1. The highest BCUT2D eigenvalue weighted by atomic mass is 16.5. The first kappa shape index (κ1) is 12.6. The number of nitrogens with two attached hydrogens (primary N) is 1. The van der Waals surface area contributed by atoms with Gasteiger partial charge in [-0.05, 0) is 23.1 Å². The molecule has 0 spiro atoms. The van der Waals surface area contributed by atoms with Crippen LogP contribution in [0.25, 0.3) is 10.8 Å². The number of aromatic nitrogens is 2. The molecule has 0 aliphatic heterocycles. The van der Waals surface area contributed by atoms with E-state index in [4.69, 9.17) is 10.5 Å². The lowest BCUT2D eigenvalue weighted by Crippen LogP contribution is -2.14. The summed E-state index contributed by atoms with van der Waals surface area (Å²) in [5.41, 5.74) is 8.29. The minimum Gasteiger partial charge on any atom is -0.481 e. The Morgan fingerprint density at radius 3 is 2.75 bits per heavy atom. The van der Waals surface area contributed by atoms with E-state index in [1.165, 1.54) is 0 Å². The van der Waals surface area contributed by atoms with Gasteiger partial charge in [0.25, 0.3) is 0 Å². The van der Waals surface area contributed by atoms with Crippen molar-refractivity contribution in [2.24, 2.45) is 5.73 Å². The second-order valence-corrected chi connectivity index (χ2v) is 4.52. The van der Waals surface area contributed by atoms with Crippen molar-refractivity contribution >= 4 is 10.8 Å². The number of hydrogen-bond acceptors (Lipinski definition) is 4. The van der Waals surface area contributed by atoms with Crippen LogP contribution in [0.4, 0.5) is 0 Å². The number of rotatable bonds is 3. The Morgan fingerprint density at radius 2 is 1.90 bits per heavy atom. The molecule has 100 valence electrons. The summed E-state index contributed by atoms with van der Waals surface area (Å²) >= 11 is 0. The van der Waals surface area contributed by atoms with Gasteiger partial charge in [-0.1, -0.05) is 24.3 Å². The maximum Gasteiger partial charge on any atom is 0.218 e. The van der Waals surface area contributed by atoms with E-state index in [1.54, 1.807) is 19.5 Å². The number of hydrogen-bond donors (Lipinski definition) is 1. The van der Waals surface area contributed by atoms with Gasteiger partial charge in [0.2, 0.25) is 5.88 Å². The zero-order valence-electron chi connectivity index (χ0n) is 11.2. The average Bonchev–Trinajstić information content (AvgIpc) is 2.53. The van der Waals surface area contributed by atoms with Crippen LogP contribution >= 0.6 is 0 Å². The van der Waals surface area contributed by atoms with Crippen LogP contribution in [0.15, 0.2) is 55.0 Å². The second-order valence-electron chi connectivity index (χ2n) is 4.52. The lowest BCUT2D eigenvalue weighted by molar-refractivity contribution is 0.390. The van der Waals surface area contributed by atoms with E-state index >= 15 is 0 Å². The van der Waals surface area contributed by atoms with Crippen molar-refractivity contribution in [2.75, 3.05) is 7.11 Å². The van der Waals surface area contributed by atoms with E-state index in [2.05, 4.69) is 9.97 Å². The van der Waals surface area contributed by atoms with Crippen LogP contribution in [0.3, 0.4) is 0 Å². The van der Waals surface area contributed by atoms with Gasteiger partial charge in [0, 0.05) is 29.5 Å². The van der Waals surface area contributed by atoms with Crippen LogP contribution in [0.1, 0.15) is 17.2 Å². The van der Waals surface area contributed by atoms with Crippen LogP contribution in [0, 0.1) is 0 Å². The fourth-order valence-electron chi connectivity index (χ4n) is 2.39. The molecule has 1 atom stereocenters. The van der Waals surface area contributed by atoms with Crippen molar-refractivity contribution in [3.8, 4) is 5.88 Å². The molecule has 0 aliphatic carbocycles. The van der Waals surface area contributed by atoms with E-state index < -0.39 is 0 Å². The van der Waals surface area contributed by atoms with Crippen molar-refractivity contribution < 1.29 is 4.74 Å². The van der Waals surface area contributed by atoms with Crippen LogP contribution in [-0.2, 0) is 0 Å². The molecule has 0 saturated carbocycles. The molecule has 0 saturated heterocycles. The van der Waals surface area contributed by atoms with Crippen molar-refractivity contribution in [1.82, 2.24) is 9.97 Å². The second kappa shape index (κ2) is 5.27. The smallest absolute Gasteiger partial charge is 0.218 e. The molecule has 4 nitrogen and oxygen atoms in total. The Hall–Kier alpha value is -2.46. The summed E-state index contributed by atoms with van der Waals surface area (Å²) in [6.45, 7) is 0. The van der Waals surface area contributed by atoms with Crippen LogP contribution in [0.5, 0.6) is 5.88 Å². The van der Waals surface area contributed by atoms with Gasteiger partial charge in [-0.25, -0.2) is 4.98 Å². The fourth-order valence-corrected chi connectivity index (χ4v) is 2.39. The van der Waals surface area contributed by atoms with Gasteiger partial charge in [0.05, 0.1) is 13.2 Å². The zero-order chi connectivity index (χ0) is 13.9. The van der Waals surface area contributed by atoms with Gasteiger partial charge in [-0.3, -0.25) is 4.98 Å². The Kier molecular flexibility index (Phi) is 3.31. The molecule has 2 aromatic heterocycles. The molecule has 1 aromatic carbocycles. The lowest BCUT2D eigenvalue weighted by Gasteiger charge is -2.16. The minimum absolute atomic E-state index is 0.299. The summed E-state index contributed by atoms with van der Waals surface area (Å²) in [7, 11) is 1.60. The third-order valence-electron chi connectivity index (χ3n) is 3.38. The minimum atomic E-state index is -0.299. The van der Waals surface area contributed by atoms with Gasteiger partial charge in [-0.15, -0.1) is 0 Å². The van der Waals surface area contributed by atoms with Crippen molar-refractivity contribution in [2.45, 2.75) is 6.04 Å². The van der Waals surface area contributed by atoms with E-state index in [0.717, 1.165) is 21.9 Å². The third-order valence-corrected chi connectivity index (χ3v) is 3.38. The molecule has 0 bridgehead atoms. The molecule has 20 heavy (non-hydrogen) atoms. The van der Waals surface area contributed by atoms with Crippen molar-refractivity contribution in [3.05, 3.63) is 66.1 Å². The molecule has 3 rings (SSSR count). The zero-order valence-corrected chi connectivity index (χ0v) is 11.2. The van der Waals surface area contributed by atoms with Crippen LogP contribution in [0.2, 0.25) is 0 Å². The summed E-state index contributed by atoms with van der Waals surface area (Å²) in [5, 5.41) is 2.17. The largest absolute Gasteiger partial charge is 0.481 e. The van der Waals surface area contributed by atoms with Crippen LogP contribution in [-0.4, -0.2) is 17.1 Å². The van der Waals surface area contributed by atoms with Crippen molar-refractivity contribution in [3.63, 3.8) is 0 Å². The fraction of sp³-hybridized carbons (Fsp3) is 0.125. The molecule has 0 aliphatic rings. The lowest BCUT2D eigenvalue weighted by atomic mass is 9.96. The first-order valence-electron chi connectivity index (χ1n) is 6.38. The highest BCUT2D eigenvalue weighted by molar-refractivity contribution is 5.85. The Balaban J connectivity index is 2.15. The molecular formula is C16H15N3O. The Labute approximate surface area is 117 Å². The normalized spacial score (nSPS) is 12.3. The molecule has 0 amide bonds. The summed E-state index contributed by atoms with van der Waals surface area (Å²) in [6, 6.07) is 11.5. The summed E-state index contributed by atoms with van der Waals surface area (Å²) < 4.78 is 5.29. The number of pyridine rings is 2. The molecule has 0 radical (unpaired) electrons. The maximum absolute atomic E-state index is 6.41. The van der Waals surface area contributed by atoms with Gasteiger partial charge in [0.15, 0.2) is 0 Å². The Bertz CT molecular complexity index is 737. The third kappa shape index (κ3) is 2.10. The topological polar surface area (TPSA) is 61.0 Å². The molecule has 0 fully saturated rings. The standard InChI is InChI=1S/C16H15N3O/c1-20-16-13(6-3-8-19-16)15(17)12-5-2-4-11-7-9-18-10-14(11)12/h2-10,15H,17H2,1H3. The first-order valence-corrected chi connectivity index (χ1v) is 6.38. The van der Waals surface area contributed by atoms with Gasteiger partial charge in [0.1, 0.15) is 0 Å². The number of ether oxygens (including phenoxy) is 1. The number of nitrogens with zero attached hydrogens (tertiary/aromatic N) is 2. The van der Waals surface area contributed by atoms with E-state index in [1.807, 2.05) is 42.6 Å². The molecule has 1 unspecified atom stereocenters. The van der Waals surface area contributed by atoms with Gasteiger partial charge < -0.3 is 10.5 Å². The first-order chi connectivity index (χ1) is 9.81. The van der Waals surface area contributed by atoms with E-state index in [0.29, 0.717) is 5.88 Å². The molecule has 2 N–H and O–H groups in total. The summed E-state index contributed by atoms with van der Waals surface area (Å²) in [4.78, 5) is 8.40. The number of methoxy groups -OCH3 is 1. The van der Waals surface area contributed by atoms with Gasteiger partial charge >= 0.3 is 0 Å². The number of benzene rings is 1. The maximum atomic E-state index is 6.41. The molecule has 2 heterocycles. The van der Waals surface area contributed by atoms with Crippen LogP contribution < -0.4 is 10.5 Å². The van der Waals surface area contributed by atoms with Gasteiger partial charge in [-0.2, -0.15) is 0 Å².